The monoisotopic (exact) mass is 225 g/mol. The number of thiol groups is 1. The van der Waals surface area contributed by atoms with Crippen LogP contribution in [0.5, 0.6) is 5.75 Å². The van der Waals surface area contributed by atoms with Crippen molar-refractivity contribution in [2.75, 3.05) is 19.0 Å². The molecule has 0 spiro atoms. The summed E-state index contributed by atoms with van der Waals surface area (Å²) in [6.45, 7) is 5.78. The number of aryl methyl sites for hydroxylation is 1. The zero-order valence-corrected chi connectivity index (χ0v) is 10.3. The van der Waals surface area contributed by atoms with Gasteiger partial charge in [-0.05, 0) is 44.0 Å². The summed E-state index contributed by atoms with van der Waals surface area (Å²) in [6, 6.07) is 6.36. The van der Waals surface area contributed by atoms with Gasteiger partial charge in [-0.25, -0.2) is 0 Å². The molecule has 0 bridgehead atoms. The minimum atomic E-state index is 0.724. The molecule has 2 nitrogen and oxygen atoms in total. The summed E-state index contributed by atoms with van der Waals surface area (Å²) in [7, 11) is 0. The lowest BCUT2D eigenvalue weighted by molar-refractivity contribution is 0.338. The van der Waals surface area contributed by atoms with Crippen LogP contribution in [0, 0.1) is 6.92 Å². The van der Waals surface area contributed by atoms with Gasteiger partial charge in [0, 0.05) is 5.88 Å². The van der Waals surface area contributed by atoms with Gasteiger partial charge in [0.1, 0.15) is 5.75 Å². The van der Waals surface area contributed by atoms with Gasteiger partial charge < -0.3 is 10.1 Å². The fraction of sp³-hybridized carbons (Fsp3) is 0.500. The van der Waals surface area contributed by atoms with E-state index >= 15 is 0 Å². The Bertz CT molecular complexity index is 302. The van der Waals surface area contributed by atoms with Crippen molar-refractivity contribution in [3.05, 3.63) is 29.3 Å². The second-order valence-electron chi connectivity index (χ2n) is 3.44. The molecule has 3 heteroatoms. The van der Waals surface area contributed by atoms with E-state index in [1.165, 1.54) is 11.1 Å². The predicted octanol–water partition coefficient (Wildman–Crippen LogP) is 2.41. The second-order valence-corrected chi connectivity index (χ2v) is 3.76. The summed E-state index contributed by atoms with van der Waals surface area (Å²) in [5, 5.41) is 3.19. The molecule has 1 aromatic rings. The third-order valence-electron chi connectivity index (χ3n) is 2.24. The summed E-state index contributed by atoms with van der Waals surface area (Å²) < 4.78 is 5.49. The quantitative estimate of drug-likeness (QED) is 0.441. The Morgan fingerprint density at radius 2 is 2.20 bits per heavy atom. The first kappa shape index (κ1) is 12.4. The minimum Gasteiger partial charge on any atom is -0.494 e. The minimum absolute atomic E-state index is 0.724. The molecule has 1 aromatic carbocycles. The molecule has 1 N–H and O–H groups in total. The molecule has 0 aliphatic carbocycles. The van der Waals surface area contributed by atoms with Gasteiger partial charge in [0.25, 0.3) is 0 Å². The van der Waals surface area contributed by atoms with Crippen LogP contribution in [0.1, 0.15) is 18.1 Å². The molecule has 0 amide bonds. The number of nitrogens with one attached hydrogen (secondary N) is 1. The first-order valence-electron chi connectivity index (χ1n) is 5.31. The Morgan fingerprint density at radius 1 is 1.40 bits per heavy atom. The number of ether oxygens (including phenoxy) is 1. The summed E-state index contributed by atoms with van der Waals surface area (Å²) >= 11 is 4.10. The highest BCUT2D eigenvalue weighted by atomic mass is 32.1. The topological polar surface area (TPSA) is 21.3 Å². The molecule has 0 radical (unpaired) electrons. The van der Waals surface area contributed by atoms with Crippen molar-refractivity contribution in [1.29, 1.82) is 0 Å². The fourth-order valence-corrected chi connectivity index (χ4v) is 1.65. The summed E-state index contributed by atoms with van der Waals surface area (Å²) in [5.41, 5.74) is 2.55. The van der Waals surface area contributed by atoms with Gasteiger partial charge in [-0.2, -0.15) is 12.6 Å². The maximum absolute atomic E-state index is 5.49. The Labute approximate surface area is 97.4 Å². The molecule has 0 saturated carbocycles. The fourth-order valence-electron chi connectivity index (χ4n) is 1.50. The van der Waals surface area contributed by atoms with Crippen LogP contribution >= 0.6 is 12.6 Å². The number of hydrogen-bond acceptors (Lipinski definition) is 3. The highest BCUT2D eigenvalue weighted by molar-refractivity contribution is 7.80. The standard InChI is InChI=1S/C12H19NOS/c1-3-14-12-5-4-11(8-10(12)2)6-7-13-9-15/h4-5,8,13,15H,3,6-7,9H2,1-2H3. The average Bonchev–Trinajstić information content (AvgIpc) is 2.23. The van der Waals surface area contributed by atoms with E-state index in [4.69, 9.17) is 4.74 Å². The first-order valence-corrected chi connectivity index (χ1v) is 5.95. The Balaban J connectivity index is 2.56. The molecule has 0 aromatic heterocycles. The van der Waals surface area contributed by atoms with E-state index in [1.807, 2.05) is 6.92 Å². The molecule has 1 rings (SSSR count). The molecule has 84 valence electrons. The van der Waals surface area contributed by atoms with Crippen molar-refractivity contribution < 1.29 is 4.74 Å². The van der Waals surface area contributed by atoms with E-state index in [0.717, 1.165) is 31.2 Å². The van der Waals surface area contributed by atoms with E-state index in [2.05, 4.69) is 43.1 Å². The molecule has 0 aliphatic rings. The molecular weight excluding hydrogens is 206 g/mol. The van der Waals surface area contributed by atoms with Crippen LogP contribution in [0.25, 0.3) is 0 Å². The number of hydrogen-bond donors (Lipinski definition) is 2. The van der Waals surface area contributed by atoms with Gasteiger partial charge in [0.15, 0.2) is 0 Å². The van der Waals surface area contributed by atoms with E-state index in [1.54, 1.807) is 0 Å². The Morgan fingerprint density at radius 3 is 2.80 bits per heavy atom. The van der Waals surface area contributed by atoms with Gasteiger partial charge in [-0.1, -0.05) is 12.1 Å². The van der Waals surface area contributed by atoms with Gasteiger partial charge >= 0.3 is 0 Å². The molecule has 0 unspecified atom stereocenters. The highest BCUT2D eigenvalue weighted by Gasteiger charge is 2.00. The molecule has 15 heavy (non-hydrogen) atoms. The molecule has 0 heterocycles. The normalized spacial score (nSPS) is 10.3. The van der Waals surface area contributed by atoms with Crippen molar-refractivity contribution in [3.8, 4) is 5.75 Å². The van der Waals surface area contributed by atoms with Gasteiger partial charge in [-0.15, -0.1) is 0 Å². The van der Waals surface area contributed by atoms with E-state index in [9.17, 15) is 0 Å². The van der Waals surface area contributed by atoms with Crippen molar-refractivity contribution in [3.63, 3.8) is 0 Å². The van der Waals surface area contributed by atoms with Crippen LogP contribution in [0.2, 0.25) is 0 Å². The van der Waals surface area contributed by atoms with Gasteiger partial charge in [0.2, 0.25) is 0 Å². The van der Waals surface area contributed by atoms with E-state index < -0.39 is 0 Å². The molecule has 0 saturated heterocycles. The summed E-state index contributed by atoms with van der Waals surface area (Å²) in [5.74, 6) is 1.72. The van der Waals surface area contributed by atoms with Crippen molar-refractivity contribution in [1.82, 2.24) is 5.32 Å². The van der Waals surface area contributed by atoms with E-state index in [0.29, 0.717) is 0 Å². The lowest BCUT2D eigenvalue weighted by Crippen LogP contribution is -2.14. The third kappa shape index (κ3) is 4.14. The highest BCUT2D eigenvalue weighted by Crippen LogP contribution is 2.19. The lowest BCUT2D eigenvalue weighted by atomic mass is 10.1. The first-order chi connectivity index (χ1) is 7.27. The van der Waals surface area contributed by atoms with Crippen LogP contribution in [0.15, 0.2) is 18.2 Å². The third-order valence-corrected chi connectivity index (χ3v) is 2.47. The number of rotatable bonds is 6. The maximum Gasteiger partial charge on any atom is 0.122 e. The Kier molecular flexibility index (Phi) is 5.58. The van der Waals surface area contributed by atoms with E-state index in [-0.39, 0.29) is 0 Å². The summed E-state index contributed by atoms with van der Waals surface area (Å²) in [6.07, 6.45) is 1.04. The van der Waals surface area contributed by atoms with Crippen LogP contribution in [0.4, 0.5) is 0 Å². The maximum atomic E-state index is 5.49. The van der Waals surface area contributed by atoms with Crippen molar-refractivity contribution >= 4 is 12.6 Å². The van der Waals surface area contributed by atoms with Crippen molar-refractivity contribution in [2.24, 2.45) is 0 Å². The van der Waals surface area contributed by atoms with Gasteiger partial charge in [-0.3, -0.25) is 0 Å². The number of benzene rings is 1. The lowest BCUT2D eigenvalue weighted by Gasteiger charge is -2.09. The zero-order chi connectivity index (χ0) is 11.1. The zero-order valence-electron chi connectivity index (χ0n) is 9.42. The van der Waals surface area contributed by atoms with Gasteiger partial charge in [0.05, 0.1) is 6.61 Å². The largest absolute Gasteiger partial charge is 0.494 e. The predicted molar refractivity (Wildman–Crippen MR) is 67.9 cm³/mol. The molecule has 0 aliphatic heterocycles. The Hall–Kier alpha value is -0.670. The average molecular weight is 225 g/mol. The summed E-state index contributed by atoms with van der Waals surface area (Å²) in [4.78, 5) is 0. The second kappa shape index (κ2) is 6.75. The molecule has 0 atom stereocenters. The molecule has 0 fully saturated rings. The SMILES string of the molecule is CCOc1ccc(CCNCS)cc1C. The van der Waals surface area contributed by atoms with Crippen LogP contribution in [-0.4, -0.2) is 19.0 Å². The smallest absolute Gasteiger partial charge is 0.122 e. The van der Waals surface area contributed by atoms with Crippen LogP contribution < -0.4 is 10.1 Å². The molecular formula is C12H19NOS. The van der Waals surface area contributed by atoms with Crippen LogP contribution in [-0.2, 0) is 6.42 Å². The van der Waals surface area contributed by atoms with Crippen LogP contribution in [0.3, 0.4) is 0 Å². The van der Waals surface area contributed by atoms with Crippen molar-refractivity contribution in [2.45, 2.75) is 20.3 Å².